The maximum Gasteiger partial charge on any atom is 0.307 e. The lowest BCUT2D eigenvalue weighted by atomic mass is 9.99. The monoisotopic (exact) mass is 493 g/mol. The van der Waals surface area contributed by atoms with Crippen molar-refractivity contribution in [1.82, 2.24) is 0 Å². The van der Waals surface area contributed by atoms with E-state index in [1.807, 2.05) is 66.7 Å². The molecule has 0 aliphatic heterocycles. The molecule has 1 atom stereocenters. The van der Waals surface area contributed by atoms with Crippen LogP contribution in [0.15, 0.2) is 115 Å². The molecule has 4 rings (SSSR count). The Bertz CT molecular complexity index is 1280. The Morgan fingerprint density at radius 2 is 1.19 bits per heavy atom. The molecule has 0 saturated heterocycles. The van der Waals surface area contributed by atoms with Crippen molar-refractivity contribution in [3.63, 3.8) is 0 Å². The molecule has 4 aromatic rings. The van der Waals surface area contributed by atoms with Gasteiger partial charge in [0, 0.05) is 28.9 Å². The number of nitrogens with zero attached hydrogens (tertiary/aromatic N) is 1. The van der Waals surface area contributed by atoms with E-state index in [1.54, 1.807) is 60.5 Å². The van der Waals surface area contributed by atoms with Crippen LogP contribution in [0.4, 0.5) is 11.4 Å². The molecular formula is C31H27NO5. The number of para-hydroxylation sites is 2. The van der Waals surface area contributed by atoms with Gasteiger partial charge in [0.05, 0.1) is 13.5 Å². The third kappa shape index (κ3) is 6.49. The lowest BCUT2D eigenvalue weighted by Gasteiger charge is -2.23. The van der Waals surface area contributed by atoms with Crippen molar-refractivity contribution in [2.75, 3.05) is 12.0 Å². The Morgan fingerprint density at radius 1 is 0.676 bits per heavy atom. The predicted molar refractivity (Wildman–Crippen MR) is 142 cm³/mol. The molecule has 0 bridgehead atoms. The number of carbonyl (C=O) groups is 3. The standard InChI is InChI=1S/C31H27NO5/c1-36-27-19-17-23(18-20-27)30(35)31(24-11-5-2-6-12-24)37-29(34)22-21-28(33)32(25-13-7-3-8-14-25)26-15-9-4-10-16-26/h2-20,31H,21-22H2,1H3/t31-/m0/s1. The number of benzene rings is 4. The Morgan fingerprint density at radius 3 is 1.70 bits per heavy atom. The van der Waals surface area contributed by atoms with Gasteiger partial charge in [0.2, 0.25) is 11.7 Å². The van der Waals surface area contributed by atoms with Crippen LogP contribution < -0.4 is 9.64 Å². The number of esters is 1. The van der Waals surface area contributed by atoms with E-state index in [-0.39, 0.29) is 24.5 Å². The lowest BCUT2D eigenvalue weighted by molar-refractivity contribution is -0.148. The number of anilines is 2. The number of Topliss-reactive ketones (excluding diaryl/α,β-unsaturated/α-hetero) is 1. The molecule has 0 aromatic heterocycles. The second-order valence-electron chi connectivity index (χ2n) is 8.27. The minimum absolute atomic E-state index is 0.0825. The van der Waals surface area contributed by atoms with Crippen LogP contribution in [-0.2, 0) is 14.3 Å². The summed E-state index contributed by atoms with van der Waals surface area (Å²) < 4.78 is 10.8. The number of amides is 1. The third-order valence-corrected chi connectivity index (χ3v) is 5.79. The van der Waals surface area contributed by atoms with E-state index < -0.39 is 12.1 Å². The molecule has 0 N–H and O–H groups in total. The van der Waals surface area contributed by atoms with Gasteiger partial charge in [-0.05, 0) is 48.5 Å². The maximum atomic E-state index is 13.3. The summed E-state index contributed by atoms with van der Waals surface area (Å²) in [6.45, 7) is 0. The minimum Gasteiger partial charge on any atom is -0.497 e. The highest BCUT2D eigenvalue weighted by Gasteiger charge is 2.27. The smallest absolute Gasteiger partial charge is 0.307 e. The van der Waals surface area contributed by atoms with Crippen molar-refractivity contribution >= 4 is 29.0 Å². The van der Waals surface area contributed by atoms with Gasteiger partial charge in [-0.2, -0.15) is 0 Å². The van der Waals surface area contributed by atoms with Gasteiger partial charge in [-0.1, -0.05) is 66.7 Å². The van der Waals surface area contributed by atoms with Crippen molar-refractivity contribution in [2.24, 2.45) is 0 Å². The van der Waals surface area contributed by atoms with Gasteiger partial charge in [0.25, 0.3) is 0 Å². The fourth-order valence-corrected chi connectivity index (χ4v) is 3.91. The number of methoxy groups -OCH3 is 1. The summed E-state index contributed by atoms with van der Waals surface area (Å²) in [4.78, 5) is 41.0. The van der Waals surface area contributed by atoms with Crippen LogP contribution in [0.2, 0.25) is 0 Å². The van der Waals surface area contributed by atoms with Gasteiger partial charge in [-0.25, -0.2) is 0 Å². The Hall–Kier alpha value is -4.71. The summed E-state index contributed by atoms with van der Waals surface area (Å²) >= 11 is 0. The average Bonchev–Trinajstić information content (AvgIpc) is 2.96. The summed E-state index contributed by atoms with van der Waals surface area (Å²) in [5, 5.41) is 0. The highest BCUT2D eigenvalue weighted by atomic mass is 16.5. The quantitative estimate of drug-likeness (QED) is 0.191. The molecule has 0 saturated carbocycles. The summed E-state index contributed by atoms with van der Waals surface area (Å²) in [7, 11) is 1.55. The minimum atomic E-state index is -1.13. The average molecular weight is 494 g/mol. The highest BCUT2D eigenvalue weighted by molar-refractivity contribution is 6.02. The van der Waals surface area contributed by atoms with Crippen LogP contribution in [-0.4, -0.2) is 24.8 Å². The van der Waals surface area contributed by atoms with E-state index in [1.165, 1.54) is 0 Å². The van der Waals surface area contributed by atoms with Crippen LogP contribution in [0, 0.1) is 0 Å². The van der Waals surface area contributed by atoms with Gasteiger partial charge >= 0.3 is 5.97 Å². The predicted octanol–water partition coefficient (Wildman–Crippen LogP) is 6.31. The molecule has 0 heterocycles. The summed E-state index contributed by atoms with van der Waals surface area (Å²) in [5.74, 6) is -0.634. The van der Waals surface area contributed by atoms with Crippen molar-refractivity contribution < 1.29 is 23.9 Å². The number of rotatable bonds is 10. The fraction of sp³-hybridized carbons (Fsp3) is 0.129. The Labute approximate surface area is 216 Å². The first-order chi connectivity index (χ1) is 18.1. The van der Waals surface area contributed by atoms with Gasteiger partial charge in [0.1, 0.15) is 5.75 Å². The normalized spacial score (nSPS) is 11.3. The summed E-state index contributed by atoms with van der Waals surface area (Å²) in [6, 6.07) is 33.9. The van der Waals surface area contributed by atoms with E-state index in [4.69, 9.17) is 9.47 Å². The molecule has 0 radical (unpaired) electrons. The number of hydrogen-bond donors (Lipinski definition) is 0. The van der Waals surface area contributed by atoms with Crippen LogP contribution in [0.3, 0.4) is 0 Å². The van der Waals surface area contributed by atoms with Gasteiger partial charge in [-0.3, -0.25) is 19.3 Å². The first-order valence-corrected chi connectivity index (χ1v) is 11.9. The van der Waals surface area contributed by atoms with Crippen LogP contribution >= 0.6 is 0 Å². The fourth-order valence-electron chi connectivity index (χ4n) is 3.91. The molecular weight excluding hydrogens is 466 g/mol. The van der Waals surface area contributed by atoms with Crippen molar-refractivity contribution in [3.8, 4) is 5.75 Å². The van der Waals surface area contributed by atoms with Gasteiger partial charge in [0.15, 0.2) is 6.10 Å². The summed E-state index contributed by atoms with van der Waals surface area (Å²) in [5.41, 5.74) is 2.34. The van der Waals surface area contributed by atoms with Crippen LogP contribution in [0.25, 0.3) is 0 Å². The largest absolute Gasteiger partial charge is 0.497 e. The number of hydrogen-bond acceptors (Lipinski definition) is 5. The highest BCUT2D eigenvalue weighted by Crippen LogP contribution is 2.27. The SMILES string of the molecule is COc1ccc(C(=O)[C@@H](OC(=O)CCC(=O)N(c2ccccc2)c2ccccc2)c2ccccc2)cc1. The second-order valence-corrected chi connectivity index (χ2v) is 8.27. The van der Waals surface area contributed by atoms with Crippen molar-refractivity contribution in [2.45, 2.75) is 18.9 Å². The molecule has 6 nitrogen and oxygen atoms in total. The van der Waals surface area contributed by atoms with Crippen molar-refractivity contribution in [3.05, 3.63) is 126 Å². The molecule has 1 amide bonds. The maximum absolute atomic E-state index is 13.3. The van der Waals surface area contributed by atoms with Gasteiger partial charge < -0.3 is 9.47 Å². The Balaban J connectivity index is 1.49. The molecule has 37 heavy (non-hydrogen) atoms. The van der Waals surface area contributed by atoms with E-state index in [9.17, 15) is 14.4 Å². The van der Waals surface area contributed by atoms with Crippen molar-refractivity contribution in [1.29, 1.82) is 0 Å². The molecule has 0 spiro atoms. The van der Waals surface area contributed by atoms with Crippen LogP contribution in [0.5, 0.6) is 5.75 Å². The topological polar surface area (TPSA) is 72.9 Å². The number of ether oxygens (including phenoxy) is 2. The molecule has 0 aliphatic carbocycles. The number of carbonyl (C=O) groups excluding carboxylic acids is 3. The Kier molecular flexibility index (Phi) is 8.45. The second kappa shape index (κ2) is 12.3. The van der Waals surface area contributed by atoms with E-state index in [0.717, 1.165) is 0 Å². The van der Waals surface area contributed by atoms with E-state index in [2.05, 4.69) is 0 Å². The molecule has 4 aromatic carbocycles. The lowest BCUT2D eigenvalue weighted by Crippen LogP contribution is -2.27. The molecule has 0 aliphatic rings. The zero-order chi connectivity index (χ0) is 26.0. The molecule has 0 unspecified atom stereocenters. The van der Waals surface area contributed by atoms with E-state index >= 15 is 0 Å². The zero-order valence-corrected chi connectivity index (χ0v) is 20.4. The third-order valence-electron chi connectivity index (χ3n) is 5.79. The first-order valence-electron chi connectivity index (χ1n) is 11.9. The van der Waals surface area contributed by atoms with Gasteiger partial charge in [-0.15, -0.1) is 0 Å². The molecule has 186 valence electrons. The number of ketones is 1. The summed E-state index contributed by atoms with van der Waals surface area (Å²) in [6.07, 6.45) is -1.38. The first kappa shape index (κ1) is 25.4. The molecule has 6 heteroatoms. The zero-order valence-electron chi connectivity index (χ0n) is 20.4. The van der Waals surface area contributed by atoms with E-state index in [0.29, 0.717) is 28.3 Å². The molecule has 0 fully saturated rings. The van der Waals surface area contributed by atoms with Crippen LogP contribution in [0.1, 0.15) is 34.9 Å².